The zero-order valence-electron chi connectivity index (χ0n) is 16.1. The second kappa shape index (κ2) is 9.17. The monoisotopic (exact) mass is 417 g/mol. The second-order valence-corrected chi connectivity index (χ2v) is 8.44. The van der Waals surface area contributed by atoms with E-state index in [9.17, 15) is 18.0 Å². The highest BCUT2D eigenvalue weighted by molar-refractivity contribution is 7.89. The molecular formula is C20H23N3O5S. The van der Waals surface area contributed by atoms with Crippen LogP contribution in [0.15, 0.2) is 53.4 Å². The van der Waals surface area contributed by atoms with Gasteiger partial charge in [0.2, 0.25) is 10.0 Å². The van der Waals surface area contributed by atoms with Crippen LogP contribution in [0.25, 0.3) is 0 Å². The van der Waals surface area contributed by atoms with E-state index >= 15 is 0 Å². The minimum Gasteiger partial charge on any atom is -0.379 e. The van der Waals surface area contributed by atoms with Crippen LogP contribution in [0.2, 0.25) is 0 Å². The highest BCUT2D eigenvalue weighted by Gasteiger charge is 2.26. The van der Waals surface area contributed by atoms with Crippen molar-refractivity contribution < 1.29 is 22.7 Å². The molecule has 0 spiro atoms. The number of hydrazine groups is 1. The van der Waals surface area contributed by atoms with Gasteiger partial charge in [0.15, 0.2) is 0 Å². The molecule has 3 rings (SSSR count). The lowest BCUT2D eigenvalue weighted by molar-refractivity contribution is 0.0730. The number of rotatable bonds is 5. The van der Waals surface area contributed by atoms with E-state index in [0.29, 0.717) is 31.9 Å². The molecule has 1 aliphatic rings. The molecule has 0 bridgehead atoms. The fourth-order valence-electron chi connectivity index (χ4n) is 2.86. The van der Waals surface area contributed by atoms with Gasteiger partial charge < -0.3 is 4.74 Å². The van der Waals surface area contributed by atoms with Gasteiger partial charge >= 0.3 is 0 Å². The van der Waals surface area contributed by atoms with E-state index in [1.807, 2.05) is 19.1 Å². The first-order valence-corrected chi connectivity index (χ1v) is 10.7. The van der Waals surface area contributed by atoms with Crippen LogP contribution in [0.1, 0.15) is 33.2 Å². The van der Waals surface area contributed by atoms with E-state index in [-0.39, 0.29) is 10.5 Å². The molecule has 2 amide bonds. The van der Waals surface area contributed by atoms with Gasteiger partial charge in [-0.15, -0.1) is 0 Å². The topological polar surface area (TPSA) is 105 Å². The van der Waals surface area contributed by atoms with Crippen molar-refractivity contribution in [2.45, 2.75) is 18.2 Å². The number of nitrogens with zero attached hydrogens (tertiary/aromatic N) is 1. The molecule has 0 aromatic heterocycles. The lowest BCUT2D eigenvalue weighted by atomic mass is 10.1. The van der Waals surface area contributed by atoms with Crippen molar-refractivity contribution in [1.29, 1.82) is 0 Å². The van der Waals surface area contributed by atoms with E-state index < -0.39 is 21.8 Å². The number of nitrogens with one attached hydrogen (secondary N) is 2. The van der Waals surface area contributed by atoms with Gasteiger partial charge in [-0.2, -0.15) is 4.31 Å². The Kier molecular flexibility index (Phi) is 6.63. The molecule has 8 nitrogen and oxygen atoms in total. The number of ether oxygens (including phenoxy) is 1. The second-order valence-electron chi connectivity index (χ2n) is 6.50. The lowest BCUT2D eigenvalue weighted by Crippen LogP contribution is -2.41. The first-order chi connectivity index (χ1) is 13.9. The summed E-state index contributed by atoms with van der Waals surface area (Å²) in [7, 11) is -3.62. The zero-order valence-corrected chi connectivity index (χ0v) is 16.9. The van der Waals surface area contributed by atoms with Crippen molar-refractivity contribution in [3.05, 3.63) is 65.2 Å². The number of morpholine rings is 1. The molecule has 154 valence electrons. The fraction of sp³-hybridized carbons (Fsp3) is 0.300. The minimum absolute atomic E-state index is 0.107. The third-order valence-electron chi connectivity index (χ3n) is 4.64. The van der Waals surface area contributed by atoms with Crippen LogP contribution in [-0.4, -0.2) is 50.8 Å². The Hall–Kier alpha value is -2.75. The summed E-state index contributed by atoms with van der Waals surface area (Å²) in [6.45, 7) is 3.35. The number of aryl methyl sites for hydroxylation is 1. The molecule has 0 atom stereocenters. The summed E-state index contributed by atoms with van der Waals surface area (Å²) in [5, 5.41) is 0. The predicted molar refractivity (Wildman–Crippen MR) is 107 cm³/mol. The minimum atomic E-state index is -3.62. The third kappa shape index (κ3) is 5.00. The summed E-state index contributed by atoms with van der Waals surface area (Å²) < 4.78 is 31.7. The molecular weight excluding hydrogens is 394 g/mol. The maximum atomic E-state index is 12.6. The molecule has 0 radical (unpaired) electrons. The lowest BCUT2D eigenvalue weighted by Gasteiger charge is -2.26. The molecule has 0 unspecified atom stereocenters. The quantitative estimate of drug-likeness (QED) is 0.715. The molecule has 9 heteroatoms. The number of benzene rings is 2. The molecule has 0 saturated carbocycles. The number of sulfonamides is 1. The number of hydrogen-bond acceptors (Lipinski definition) is 5. The summed E-state index contributed by atoms with van der Waals surface area (Å²) in [6, 6.07) is 12.7. The number of carbonyl (C=O) groups is 2. The van der Waals surface area contributed by atoms with E-state index in [4.69, 9.17) is 4.74 Å². The fourth-order valence-corrected chi connectivity index (χ4v) is 4.27. The largest absolute Gasteiger partial charge is 0.379 e. The molecule has 1 saturated heterocycles. The van der Waals surface area contributed by atoms with Gasteiger partial charge in [-0.05, 0) is 48.4 Å². The number of hydrogen-bond donors (Lipinski definition) is 2. The van der Waals surface area contributed by atoms with Crippen molar-refractivity contribution in [3.63, 3.8) is 0 Å². The van der Waals surface area contributed by atoms with Crippen LogP contribution in [-0.2, 0) is 21.2 Å². The normalized spacial score (nSPS) is 14.9. The molecule has 2 aromatic carbocycles. The average molecular weight is 417 g/mol. The van der Waals surface area contributed by atoms with Gasteiger partial charge in [0.25, 0.3) is 11.8 Å². The van der Waals surface area contributed by atoms with E-state index in [0.717, 1.165) is 12.0 Å². The molecule has 1 aliphatic heterocycles. The molecule has 0 aliphatic carbocycles. The molecule has 1 fully saturated rings. The smallest absolute Gasteiger partial charge is 0.269 e. The Labute approximate surface area is 169 Å². The number of carbonyl (C=O) groups excluding carboxylic acids is 2. The summed E-state index contributed by atoms with van der Waals surface area (Å²) in [4.78, 5) is 24.5. The summed E-state index contributed by atoms with van der Waals surface area (Å²) in [5.41, 5.74) is 6.45. The van der Waals surface area contributed by atoms with Gasteiger partial charge in [-0.25, -0.2) is 8.42 Å². The SMILES string of the molecule is CCc1ccc(C(=O)NNC(=O)c2ccc(S(=O)(=O)N3CCOCC3)cc2)cc1. The predicted octanol–water partition coefficient (Wildman–Crippen LogP) is 1.34. The van der Waals surface area contributed by atoms with Crippen molar-refractivity contribution >= 4 is 21.8 Å². The summed E-state index contributed by atoms with van der Waals surface area (Å²) >= 11 is 0. The van der Waals surface area contributed by atoms with Crippen LogP contribution in [0.5, 0.6) is 0 Å². The first-order valence-electron chi connectivity index (χ1n) is 9.29. The third-order valence-corrected chi connectivity index (χ3v) is 6.55. The molecule has 1 heterocycles. The van der Waals surface area contributed by atoms with Gasteiger partial charge in [0, 0.05) is 24.2 Å². The zero-order chi connectivity index (χ0) is 20.9. The number of amides is 2. The average Bonchev–Trinajstić information content (AvgIpc) is 2.78. The highest BCUT2D eigenvalue weighted by Crippen LogP contribution is 2.17. The van der Waals surface area contributed by atoms with Crippen LogP contribution in [0.4, 0.5) is 0 Å². The Morgan fingerprint density at radius 2 is 1.38 bits per heavy atom. The van der Waals surface area contributed by atoms with Crippen LogP contribution in [0, 0.1) is 0 Å². The summed E-state index contributed by atoms with van der Waals surface area (Å²) in [5.74, 6) is -0.980. The standard InChI is InChI=1S/C20H23N3O5S/c1-2-15-3-5-16(6-4-15)19(24)21-22-20(25)17-7-9-18(10-8-17)29(26,27)23-11-13-28-14-12-23/h3-10H,2,11-14H2,1H3,(H,21,24)(H,22,25). The Bertz CT molecular complexity index is 966. The first kappa shape index (κ1) is 21.0. The van der Waals surface area contributed by atoms with Crippen molar-refractivity contribution in [1.82, 2.24) is 15.2 Å². The van der Waals surface area contributed by atoms with Gasteiger partial charge in [0.1, 0.15) is 0 Å². The van der Waals surface area contributed by atoms with Crippen molar-refractivity contribution in [2.75, 3.05) is 26.3 Å². The summed E-state index contributed by atoms with van der Waals surface area (Å²) in [6.07, 6.45) is 0.871. The van der Waals surface area contributed by atoms with Crippen LogP contribution in [0.3, 0.4) is 0 Å². The molecule has 29 heavy (non-hydrogen) atoms. The van der Waals surface area contributed by atoms with Gasteiger partial charge in [-0.1, -0.05) is 19.1 Å². The van der Waals surface area contributed by atoms with Gasteiger partial charge in [-0.3, -0.25) is 20.4 Å². The van der Waals surface area contributed by atoms with Crippen molar-refractivity contribution in [2.24, 2.45) is 0 Å². The Morgan fingerprint density at radius 1 is 0.897 bits per heavy atom. The Morgan fingerprint density at radius 3 is 1.86 bits per heavy atom. The molecule has 2 aromatic rings. The van der Waals surface area contributed by atoms with Crippen LogP contribution >= 0.6 is 0 Å². The molecule has 2 N–H and O–H groups in total. The van der Waals surface area contributed by atoms with E-state index in [2.05, 4.69) is 10.9 Å². The maximum Gasteiger partial charge on any atom is 0.269 e. The maximum absolute atomic E-state index is 12.6. The van der Waals surface area contributed by atoms with E-state index in [1.54, 1.807) is 12.1 Å². The highest BCUT2D eigenvalue weighted by atomic mass is 32.2. The van der Waals surface area contributed by atoms with E-state index in [1.165, 1.54) is 28.6 Å². The van der Waals surface area contributed by atoms with Crippen molar-refractivity contribution in [3.8, 4) is 0 Å². The Balaban J connectivity index is 1.60. The van der Waals surface area contributed by atoms with Gasteiger partial charge in [0.05, 0.1) is 18.1 Å². The van der Waals surface area contributed by atoms with Crippen LogP contribution < -0.4 is 10.9 Å².